The first-order valence-electron chi connectivity index (χ1n) is 10.5. The SMILES string of the molecule is CC(C)(CCO)c1c(-c2ccc(C(=O)O)cc2)c2c(O)cc(F)cc2n1-c1ccc(F)c(F)c1. The molecule has 4 rings (SSSR count). The number of nitrogens with zero attached hydrogens (tertiary/aromatic N) is 1. The van der Waals surface area contributed by atoms with Crippen molar-refractivity contribution in [3.8, 4) is 22.6 Å². The molecule has 3 aromatic carbocycles. The van der Waals surface area contributed by atoms with E-state index in [2.05, 4.69) is 0 Å². The number of aliphatic hydroxyl groups excluding tert-OH is 1. The van der Waals surface area contributed by atoms with Crippen molar-refractivity contribution in [1.29, 1.82) is 0 Å². The van der Waals surface area contributed by atoms with Gasteiger partial charge in [0.05, 0.1) is 16.5 Å². The molecular formula is C26H22F3NO4. The number of aromatic carboxylic acids is 1. The summed E-state index contributed by atoms with van der Waals surface area (Å²) in [6, 6.07) is 11.4. The molecule has 0 aliphatic heterocycles. The summed E-state index contributed by atoms with van der Waals surface area (Å²) in [5.41, 5.74) is 1.17. The van der Waals surface area contributed by atoms with Crippen LogP contribution < -0.4 is 0 Å². The van der Waals surface area contributed by atoms with Gasteiger partial charge in [-0.15, -0.1) is 0 Å². The predicted molar refractivity (Wildman–Crippen MR) is 122 cm³/mol. The zero-order valence-corrected chi connectivity index (χ0v) is 18.4. The second-order valence-electron chi connectivity index (χ2n) is 8.72. The van der Waals surface area contributed by atoms with Crippen molar-refractivity contribution < 1.29 is 33.3 Å². The molecule has 1 heterocycles. The number of rotatable bonds is 6. The molecule has 0 bridgehead atoms. The Bertz CT molecular complexity index is 1410. The molecule has 0 aliphatic rings. The highest BCUT2D eigenvalue weighted by Gasteiger charge is 2.33. The number of hydrogen-bond donors (Lipinski definition) is 3. The lowest BCUT2D eigenvalue weighted by molar-refractivity contribution is 0.0697. The molecule has 0 aliphatic carbocycles. The molecule has 176 valence electrons. The van der Waals surface area contributed by atoms with Gasteiger partial charge < -0.3 is 19.9 Å². The highest BCUT2D eigenvalue weighted by Crippen LogP contribution is 2.47. The summed E-state index contributed by atoms with van der Waals surface area (Å²) in [6.07, 6.45) is 0.260. The topological polar surface area (TPSA) is 82.7 Å². The molecule has 0 saturated carbocycles. The van der Waals surface area contributed by atoms with Crippen molar-refractivity contribution in [2.45, 2.75) is 25.7 Å². The van der Waals surface area contributed by atoms with Crippen LogP contribution in [0.15, 0.2) is 54.6 Å². The van der Waals surface area contributed by atoms with E-state index in [1.807, 2.05) is 13.8 Å². The normalized spacial score (nSPS) is 11.8. The fraction of sp³-hybridized carbons (Fsp3) is 0.192. The summed E-state index contributed by atoms with van der Waals surface area (Å²) in [5, 5.41) is 30.1. The lowest BCUT2D eigenvalue weighted by Crippen LogP contribution is -2.23. The third-order valence-electron chi connectivity index (χ3n) is 5.97. The van der Waals surface area contributed by atoms with Crippen molar-refractivity contribution in [3.05, 3.63) is 83.3 Å². The Hall–Kier alpha value is -3.78. The molecule has 4 aromatic rings. The molecule has 0 saturated heterocycles. The van der Waals surface area contributed by atoms with Crippen LogP contribution in [0.5, 0.6) is 5.75 Å². The Morgan fingerprint density at radius 3 is 2.24 bits per heavy atom. The van der Waals surface area contributed by atoms with E-state index in [1.54, 1.807) is 12.1 Å². The van der Waals surface area contributed by atoms with Gasteiger partial charge in [-0.1, -0.05) is 26.0 Å². The minimum atomic E-state index is -1.11. The zero-order chi connectivity index (χ0) is 24.8. The number of benzene rings is 3. The number of halogens is 3. The van der Waals surface area contributed by atoms with Crippen molar-refractivity contribution in [2.75, 3.05) is 6.61 Å². The maximum absolute atomic E-state index is 14.5. The summed E-state index contributed by atoms with van der Waals surface area (Å²) in [7, 11) is 0. The minimum Gasteiger partial charge on any atom is -0.507 e. The average molecular weight is 469 g/mol. The standard InChI is InChI=1S/C26H22F3NO4/c1-26(2,9-10-31)24-22(14-3-5-15(6-4-14)25(33)34)23-20(11-16(27)12-21(23)32)30(24)17-7-8-18(28)19(29)13-17/h3-8,11-13,31-32H,9-10H2,1-2H3,(H,33,34). The second kappa shape index (κ2) is 8.53. The van der Waals surface area contributed by atoms with Crippen LogP contribution in [0.2, 0.25) is 0 Å². The Morgan fingerprint density at radius 1 is 0.971 bits per heavy atom. The molecule has 1 aromatic heterocycles. The summed E-state index contributed by atoms with van der Waals surface area (Å²) in [5.74, 6) is -4.35. The number of carbonyl (C=O) groups is 1. The zero-order valence-electron chi connectivity index (χ0n) is 18.4. The first-order chi connectivity index (χ1) is 16.0. The van der Waals surface area contributed by atoms with Crippen LogP contribution >= 0.6 is 0 Å². The number of carboxylic acids is 1. The van der Waals surface area contributed by atoms with Gasteiger partial charge in [-0.2, -0.15) is 0 Å². The molecule has 0 radical (unpaired) electrons. The number of fused-ring (bicyclic) bond motifs is 1. The first kappa shape index (κ1) is 23.4. The van der Waals surface area contributed by atoms with Crippen molar-refractivity contribution in [3.63, 3.8) is 0 Å². The number of aliphatic hydroxyl groups is 1. The molecule has 0 spiro atoms. The Labute approximate surface area is 193 Å². The molecule has 34 heavy (non-hydrogen) atoms. The fourth-order valence-electron chi connectivity index (χ4n) is 4.35. The number of carboxylic acid groups (broad SMARTS) is 1. The van der Waals surface area contributed by atoms with Gasteiger partial charge in [0, 0.05) is 41.1 Å². The highest BCUT2D eigenvalue weighted by molar-refractivity contribution is 6.04. The van der Waals surface area contributed by atoms with Crippen LogP contribution in [0.3, 0.4) is 0 Å². The maximum Gasteiger partial charge on any atom is 0.335 e. The summed E-state index contributed by atoms with van der Waals surface area (Å²) in [4.78, 5) is 11.3. The number of phenolic OH excluding ortho intramolecular Hbond substituents is 1. The van der Waals surface area contributed by atoms with Crippen molar-refractivity contribution >= 4 is 16.9 Å². The van der Waals surface area contributed by atoms with Crippen LogP contribution in [0.4, 0.5) is 13.2 Å². The van der Waals surface area contributed by atoms with Gasteiger partial charge in [0.2, 0.25) is 0 Å². The monoisotopic (exact) mass is 469 g/mol. The fourth-order valence-corrected chi connectivity index (χ4v) is 4.35. The van der Waals surface area contributed by atoms with Crippen LogP contribution in [0.25, 0.3) is 27.7 Å². The molecule has 0 amide bonds. The second-order valence-corrected chi connectivity index (χ2v) is 8.72. The van der Waals surface area contributed by atoms with Gasteiger partial charge >= 0.3 is 5.97 Å². The van der Waals surface area contributed by atoms with Crippen LogP contribution in [-0.2, 0) is 5.41 Å². The summed E-state index contributed by atoms with van der Waals surface area (Å²) < 4.78 is 44.0. The van der Waals surface area contributed by atoms with E-state index in [0.29, 0.717) is 16.8 Å². The average Bonchev–Trinajstić information content (AvgIpc) is 3.12. The van der Waals surface area contributed by atoms with Crippen molar-refractivity contribution in [2.24, 2.45) is 0 Å². The quantitative estimate of drug-likeness (QED) is 0.334. The van der Waals surface area contributed by atoms with E-state index in [0.717, 1.165) is 18.2 Å². The molecule has 8 heteroatoms. The smallest absolute Gasteiger partial charge is 0.335 e. The molecule has 0 fully saturated rings. The Balaban J connectivity index is 2.19. The summed E-state index contributed by atoms with van der Waals surface area (Å²) in [6.45, 7) is 3.47. The Morgan fingerprint density at radius 2 is 1.65 bits per heavy atom. The molecular weight excluding hydrogens is 447 g/mol. The van der Waals surface area contributed by atoms with E-state index in [1.165, 1.54) is 28.8 Å². The molecule has 0 unspecified atom stereocenters. The van der Waals surface area contributed by atoms with Gasteiger partial charge in [0.25, 0.3) is 0 Å². The highest BCUT2D eigenvalue weighted by atomic mass is 19.2. The van der Waals surface area contributed by atoms with Gasteiger partial charge in [-0.05, 0) is 42.3 Å². The molecule has 0 atom stereocenters. The van der Waals surface area contributed by atoms with E-state index in [-0.39, 0.29) is 40.9 Å². The van der Waals surface area contributed by atoms with Gasteiger partial charge in [-0.3, -0.25) is 0 Å². The number of hydrogen-bond acceptors (Lipinski definition) is 3. The predicted octanol–water partition coefficient (Wildman–Crippen LogP) is 5.78. The maximum atomic E-state index is 14.5. The lowest BCUT2D eigenvalue weighted by Gasteiger charge is -2.28. The third kappa shape index (κ3) is 3.90. The first-order valence-corrected chi connectivity index (χ1v) is 10.5. The van der Waals surface area contributed by atoms with Crippen LogP contribution in [0.1, 0.15) is 36.3 Å². The number of aromatic hydroxyl groups is 1. The van der Waals surface area contributed by atoms with Gasteiger partial charge in [0.1, 0.15) is 11.6 Å². The third-order valence-corrected chi connectivity index (χ3v) is 5.97. The van der Waals surface area contributed by atoms with E-state index in [4.69, 9.17) is 0 Å². The van der Waals surface area contributed by atoms with Gasteiger partial charge in [0.15, 0.2) is 11.6 Å². The van der Waals surface area contributed by atoms with Crippen molar-refractivity contribution in [1.82, 2.24) is 4.57 Å². The molecule has 3 N–H and O–H groups in total. The lowest BCUT2D eigenvalue weighted by atomic mass is 9.81. The Kier molecular flexibility index (Phi) is 5.87. The number of phenols is 1. The largest absolute Gasteiger partial charge is 0.507 e. The van der Waals surface area contributed by atoms with Gasteiger partial charge in [-0.25, -0.2) is 18.0 Å². The minimum absolute atomic E-state index is 0.0551. The van der Waals surface area contributed by atoms with Crippen LogP contribution in [0, 0.1) is 17.5 Å². The summed E-state index contributed by atoms with van der Waals surface area (Å²) >= 11 is 0. The van der Waals surface area contributed by atoms with E-state index >= 15 is 0 Å². The van der Waals surface area contributed by atoms with Crippen LogP contribution in [-0.4, -0.2) is 32.5 Å². The number of aromatic nitrogens is 1. The van der Waals surface area contributed by atoms with E-state index in [9.17, 15) is 33.3 Å². The molecule has 5 nitrogen and oxygen atoms in total. The van der Waals surface area contributed by atoms with E-state index < -0.39 is 28.8 Å².